The Kier molecular flexibility index (Phi) is 5.43. The lowest BCUT2D eigenvalue weighted by molar-refractivity contribution is 0.0966. The first-order chi connectivity index (χ1) is 17.1. The average molecular weight is 473 g/mol. The minimum absolute atomic E-state index is 0.139. The SMILES string of the molecule is CNCc1nc(Nc2ccc(-c3cnc4cc(F)ccn34)c3c2C(=O)NC3)ccc1[C@@H]1CCOC1. The first-order valence-corrected chi connectivity index (χ1v) is 11.7. The summed E-state index contributed by atoms with van der Waals surface area (Å²) >= 11 is 0. The summed E-state index contributed by atoms with van der Waals surface area (Å²) in [4.78, 5) is 22.0. The highest BCUT2D eigenvalue weighted by molar-refractivity contribution is 6.06. The molecule has 4 aromatic rings. The van der Waals surface area contributed by atoms with Crippen molar-refractivity contribution in [2.24, 2.45) is 0 Å². The van der Waals surface area contributed by atoms with E-state index in [9.17, 15) is 9.18 Å². The van der Waals surface area contributed by atoms with E-state index in [1.807, 2.05) is 29.6 Å². The first kappa shape index (κ1) is 21.7. The molecule has 0 saturated carbocycles. The van der Waals surface area contributed by atoms with E-state index in [1.54, 1.807) is 12.4 Å². The number of nitrogens with zero attached hydrogens (tertiary/aromatic N) is 3. The number of hydrogen-bond acceptors (Lipinski definition) is 6. The van der Waals surface area contributed by atoms with Gasteiger partial charge in [-0.1, -0.05) is 12.1 Å². The number of fused-ring (bicyclic) bond motifs is 2. The van der Waals surface area contributed by atoms with E-state index < -0.39 is 0 Å². The van der Waals surface area contributed by atoms with Gasteiger partial charge >= 0.3 is 0 Å². The van der Waals surface area contributed by atoms with E-state index in [0.717, 1.165) is 42.1 Å². The lowest BCUT2D eigenvalue weighted by Gasteiger charge is -2.17. The fourth-order valence-corrected chi connectivity index (χ4v) is 5.03. The monoisotopic (exact) mass is 472 g/mol. The summed E-state index contributed by atoms with van der Waals surface area (Å²) in [5.41, 5.74) is 6.53. The summed E-state index contributed by atoms with van der Waals surface area (Å²) in [6.07, 6.45) is 4.35. The van der Waals surface area contributed by atoms with Gasteiger partial charge in [0.1, 0.15) is 17.3 Å². The van der Waals surface area contributed by atoms with E-state index in [-0.39, 0.29) is 11.7 Å². The van der Waals surface area contributed by atoms with Crippen molar-refractivity contribution in [3.05, 3.63) is 77.0 Å². The molecule has 1 atom stereocenters. The predicted octanol–water partition coefficient (Wildman–Crippen LogP) is 3.75. The van der Waals surface area contributed by atoms with Gasteiger partial charge in [-0.25, -0.2) is 14.4 Å². The number of imidazole rings is 1. The molecule has 0 aliphatic carbocycles. The summed E-state index contributed by atoms with van der Waals surface area (Å²) in [6.45, 7) is 2.55. The third-order valence-corrected chi connectivity index (χ3v) is 6.70. The van der Waals surface area contributed by atoms with Crippen molar-refractivity contribution in [3.8, 4) is 11.3 Å². The van der Waals surface area contributed by atoms with Crippen molar-refractivity contribution in [3.63, 3.8) is 0 Å². The molecule has 35 heavy (non-hydrogen) atoms. The highest BCUT2D eigenvalue weighted by Gasteiger charge is 2.28. The van der Waals surface area contributed by atoms with E-state index in [0.29, 0.717) is 41.7 Å². The lowest BCUT2D eigenvalue weighted by Crippen LogP contribution is -2.15. The Hall–Kier alpha value is -3.82. The summed E-state index contributed by atoms with van der Waals surface area (Å²) in [5.74, 6) is 0.554. The molecule has 3 aromatic heterocycles. The van der Waals surface area contributed by atoms with Gasteiger partial charge in [0.25, 0.3) is 5.91 Å². The van der Waals surface area contributed by atoms with Crippen molar-refractivity contribution >= 4 is 23.1 Å². The van der Waals surface area contributed by atoms with Crippen LogP contribution in [-0.4, -0.2) is 40.5 Å². The van der Waals surface area contributed by atoms with Gasteiger partial charge in [0.2, 0.25) is 0 Å². The minimum Gasteiger partial charge on any atom is -0.381 e. The number of carbonyl (C=O) groups excluding carboxylic acids is 1. The summed E-state index contributed by atoms with van der Waals surface area (Å²) in [5, 5.41) is 9.50. The molecule has 2 aliphatic rings. The van der Waals surface area contributed by atoms with Gasteiger partial charge in [0.15, 0.2) is 0 Å². The van der Waals surface area contributed by atoms with Gasteiger partial charge in [0, 0.05) is 43.4 Å². The second kappa shape index (κ2) is 8.75. The number of anilines is 2. The maximum Gasteiger partial charge on any atom is 0.254 e. The molecule has 1 saturated heterocycles. The Morgan fingerprint density at radius 1 is 1.26 bits per heavy atom. The van der Waals surface area contributed by atoms with E-state index in [1.165, 1.54) is 17.7 Å². The third kappa shape index (κ3) is 3.82. The molecule has 6 rings (SSSR count). The fourth-order valence-electron chi connectivity index (χ4n) is 5.03. The molecular formula is C26H25FN6O2. The predicted molar refractivity (Wildman–Crippen MR) is 130 cm³/mol. The third-order valence-electron chi connectivity index (χ3n) is 6.70. The average Bonchev–Trinajstić information content (AvgIpc) is 3.60. The summed E-state index contributed by atoms with van der Waals surface area (Å²) in [7, 11) is 1.90. The molecule has 1 aromatic carbocycles. The van der Waals surface area contributed by atoms with E-state index >= 15 is 0 Å². The molecule has 0 spiro atoms. The van der Waals surface area contributed by atoms with Crippen molar-refractivity contribution in [2.45, 2.75) is 25.4 Å². The Morgan fingerprint density at radius 2 is 2.17 bits per heavy atom. The van der Waals surface area contributed by atoms with Crippen LogP contribution in [0.2, 0.25) is 0 Å². The number of aromatic nitrogens is 3. The van der Waals surface area contributed by atoms with Crippen LogP contribution >= 0.6 is 0 Å². The molecular weight excluding hydrogens is 447 g/mol. The van der Waals surface area contributed by atoms with Crippen molar-refractivity contribution in [1.29, 1.82) is 0 Å². The topological polar surface area (TPSA) is 92.6 Å². The number of halogens is 1. The molecule has 2 aliphatic heterocycles. The number of rotatable bonds is 6. The van der Waals surface area contributed by atoms with Crippen LogP contribution in [0.15, 0.2) is 48.8 Å². The van der Waals surface area contributed by atoms with Gasteiger partial charge in [-0.2, -0.15) is 0 Å². The smallest absolute Gasteiger partial charge is 0.254 e. The molecule has 9 heteroatoms. The van der Waals surface area contributed by atoms with Gasteiger partial charge < -0.3 is 20.7 Å². The molecule has 1 amide bonds. The Balaban J connectivity index is 1.38. The van der Waals surface area contributed by atoms with Crippen LogP contribution in [0.4, 0.5) is 15.9 Å². The minimum atomic E-state index is -0.340. The number of carbonyl (C=O) groups is 1. The van der Waals surface area contributed by atoms with E-state index in [4.69, 9.17) is 9.72 Å². The molecule has 5 heterocycles. The second-order valence-electron chi connectivity index (χ2n) is 8.86. The van der Waals surface area contributed by atoms with Crippen LogP contribution in [0, 0.1) is 5.82 Å². The van der Waals surface area contributed by atoms with Crippen LogP contribution in [-0.2, 0) is 17.8 Å². The van der Waals surface area contributed by atoms with Crippen LogP contribution in [0.1, 0.15) is 39.5 Å². The maximum atomic E-state index is 13.6. The Morgan fingerprint density at radius 3 is 3.00 bits per heavy atom. The second-order valence-corrected chi connectivity index (χ2v) is 8.86. The Bertz CT molecular complexity index is 1440. The van der Waals surface area contributed by atoms with Gasteiger partial charge in [-0.3, -0.25) is 9.20 Å². The van der Waals surface area contributed by atoms with Gasteiger partial charge in [-0.05, 0) is 42.8 Å². The highest BCUT2D eigenvalue weighted by atomic mass is 19.1. The number of pyridine rings is 2. The standard InChI is InChI=1S/C26H25FN6O2/c1-28-12-21-17(15-7-9-35-14-15)3-5-23(32-21)31-20-4-2-18(19-11-30-26(34)25(19)20)22-13-29-24-10-16(27)6-8-33(22)24/h2-6,8,10,13,15,28H,7,9,11-12,14H2,1H3,(H,30,34)(H,31,32)/t15-/m1/s1. The lowest BCUT2D eigenvalue weighted by atomic mass is 9.96. The first-order valence-electron chi connectivity index (χ1n) is 11.7. The van der Waals surface area contributed by atoms with Crippen molar-refractivity contribution in [1.82, 2.24) is 25.0 Å². The zero-order chi connectivity index (χ0) is 23.9. The largest absolute Gasteiger partial charge is 0.381 e. The molecule has 178 valence electrons. The zero-order valence-electron chi connectivity index (χ0n) is 19.3. The van der Waals surface area contributed by atoms with E-state index in [2.05, 4.69) is 27.0 Å². The number of benzene rings is 1. The van der Waals surface area contributed by atoms with Crippen molar-refractivity contribution < 1.29 is 13.9 Å². The quantitative estimate of drug-likeness (QED) is 0.396. The highest BCUT2D eigenvalue weighted by Crippen LogP contribution is 2.36. The molecule has 0 bridgehead atoms. The fraction of sp³-hybridized carbons (Fsp3) is 0.269. The number of hydrogen-bond donors (Lipinski definition) is 3. The zero-order valence-corrected chi connectivity index (χ0v) is 19.3. The normalized spacial score (nSPS) is 17.1. The molecule has 0 radical (unpaired) electrons. The molecule has 3 N–H and O–H groups in total. The number of ether oxygens (including phenoxy) is 1. The number of amides is 1. The van der Waals surface area contributed by atoms with Crippen LogP contribution in [0.5, 0.6) is 0 Å². The van der Waals surface area contributed by atoms with Crippen LogP contribution in [0.3, 0.4) is 0 Å². The van der Waals surface area contributed by atoms with Gasteiger partial charge in [0.05, 0.1) is 35.4 Å². The van der Waals surface area contributed by atoms with Crippen molar-refractivity contribution in [2.75, 3.05) is 25.6 Å². The summed E-state index contributed by atoms with van der Waals surface area (Å²) in [6, 6.07) is 10.7. The van der Waals surface area contributed by atoms with Gasteiger partial charge in [-0.15, -0.1) is 0 Å². The van der Waals surface area contributed by atoms with Crippen LogP contribution < -0.4 is 16.0 Å². The maximum absolute atomic E-state index is 13.6. The molecule has 8 nitrogen and oxygen atoms in total. The van der Waals surface area contributed by atoms with Crippen LogP contribution in [0.25, 0.3) is 16.9 Å². The molecule has 1 fully saturated rings. The summed E-state index contributed by atoms with van der Waals surface area (Å²) < 4.78 is 21.0. The number of nitrogens with one attached hydrogen (secondary N) is 3. The molecule has 0 unspecified atom stereocenters. The Labute approximate surface area is 201 Å².